The highest BCUT2D eigenvalue weighted by Crippen LogP contribution is 2.47. The standard InChI is InChI=1S/C45H28N4O/c1-4-16-29(17-5-1)35-28-39-40(34-24-12-15-27-38(34)50-39)42(49-36-25-13-10-22-32(36)33-23-11-14-26-37(33)49)41(35)45-47-43(30-18-6-2-7-19-30)46-44(48-45)31-20-8-3-9-21-31/h1-28H/i2D,3D,6D,7D,8D,9D,18D,19D,20D,21D. The summed E-state index contributed by atoms with van der Waals surface area (Å²) in [7, 11) is 0. The van der Waals surface area contributed by atoms with Crippen molar-refractivity contribution in [3.8, 4) is 51.0 Å². The molecule has 0 fully saturated rings. The van der Waals surface area contributed by atoms with Crippen molar-refractivity contribution in [2.75, 3.05) is 0 Å². The monoisotopic (exact) mass is 650 g/mol. The summed E-state index contributed by atoms with van der Waals surface area (Å²) in [5.74, 6) is -0.775. The van der Waals surface area contributed by atoms with Gasteiger partial charge < -0.3 is 8.98 Å². The number of benzene rings is 7. The molecule has 0 aliphatic carbocycles. The zero-order chi connectivity index (χ0) is 41.7. The third-order valence-electron chi connectivity index (χ3n) is 8.84. The van der Waals surface area contributed by atoms with Gasteiger partial charge in [0.1, 0.15) is 11.2 Å². The largest absolute Gasteiger partial charge is 0.456 e. The lowest BCUT2D eigenvalue weighted by atomic mass is 9.94. The van der Waals surface area contributed by atoms with Crippen molar-refractivity contribution < 1.29 is 18.1 Å². The lowest BCUT2D eigenvalue weighted by molar-refractivity contribution is 0.669. The lowest BCUT2D eigenvalue weighted by Crippen LogP contribution is -2.06. The van der Waals surface area contributed by atoms with Crippen LogP contribution in [0, 0.1) is 0 Å². The second-order valence-corrected chi connectivity index (χ2v) is 11.7. The Bertz CT molecular complexity index is 3260. The van der Waals surface area contributed by atoms with Crippen molar-refractivity contribution in [1.82, 2.24) is 19.5 Å². The van der Waals surface area contributed by atoms with E-state index in [-0.39, 0.29) is 28.6 Å². The predicted octanol–water partition coefficient (Wildman–Crippen LogP) is 11.5. The van der Waals surface area contributed by atoms with Crippen LogP contribution in [0.15, 0.2) is 174 Å². The van der Waals surface area contributed by atoms with E-state index in [0.29, 0.717) is 33.4 Å². The molecule has 0 aliphatic heterocycles. The molecule has 7 aromatic carbocycles. The maximum Gasteiger partial charge on any atom is 0.166 e. The van der Waals surface area contributed by atoms with Gasteiger partial charge in [0.15, 0.2) is 17.5 Å². The molecule has 0 atom stereocenters. The molecular formula is C45H28N4O. The van der Waals surface area contributed by atoms with E-state index in [1.54, 1.807) is 0 Å². The molecule has 50 heavy (non-hydrogen) atoms. The van der Waals surface area contributed by atoms with E-state index in [1.807, 2.05) is 109 Å². The van der Waals surface area contributed by atoms with E-state index < -0.39 is 60.4 Å². The van der Waals surface area contributed by atoms with Gasteiger partial charge in [-0.15, -0.1) is 0 Å². The molecule has 3 aromatic heterocycles. The normalized spacial score (nSPS) is 14.4. The number of hydrogen-bond donors (Lipinski definition) is 0. The van der Waals surface area contributed by atoms with Crippen molar-refractivity contribution in [2.45, 2.75) is 0 Å². The Morgan fingerprint density at radius 1 is 0.480 bits per heavy atom. The van der Waals surface area contributed by atoms with Crippen molar-refractivity contribution in [3.05, 3.63) is 170 Å². The van der Waals surface area contributed by atoms with Crippen molar-refractivity contribution in [3.63, 3.8) is 0 Å². The van der Waals surface area contributed by atoms with Gasteiger partial charge in [-0.3, -0.25) is 0 Å². The average Bonchev–Trinajstić information content (AvgIpc) is 3.82. The lowest BCUT2D eigenvalue weighted by Gasteiger charge is -2.19. The van der Waals surface area contributed by atoms with E-state index in [0.717, 1.165) is 32.8 Å². The molecule has 0 amide bonds. The number of fused-ring (bicyclic) bond motifs is 6. The number of rotatable bonds is 5. The minimum absolute atomic E-state index is 0.0588. The molecule has 234 valence electrons. The van der Waals surface area contributed by atoms with Crippen LogP contribution in [0.2, 0.25) is 0 Å². The highest BCUT2D eigenvalue weighted by Gasteiger charge is 2.27. The van der Waals surface area contributed by atoms with Gasteiger partial charge >= 0.3 is 0 Å². The summed E-state index contributed by atoms with van der Waals surface area (Å²) >= 11 is 0. The maximum atomic E-state index is 8.95. The molecule has 10 rings (SSSR count). The number of aromatic nitrogens is 4. The second-order valence-electron chi connectivity index (χ2n) is 11.7. The fourth-order valence-electron chi connectivity index (χ4n) is 6.76. The van der Waals surface area contributed by atoms with Gasteiger partial charge in [-0.05, 0) is 35.4 Å². The van der Waals surface area contributed by atoms with Crippen LogP contribution in [0.4, 0.5) is 0 Å². The number of nitrogens with zero attached hydrogens (tertiary/aromatic N) is 4. The van der Waals surface area contributed by atoms with Crippen LogP contribution in [-0.4, -0.2) is 19.5 Å². The molecule has 0 aliphatic rings. The fourth-order valence-corrected chi connectivity index (χ4v) is 6.76. The smallest absolute Gasteiger partial charge is 0.166 e. The summed E-state index contributed by atoms with van der Waals surface area (Å²) in [5.41, 5.74) is 4.43. The van der Waals surface area contributed by atoms with Gasteiger partial charge in [0, 0.05) is 27.3 Å². The summed E-state index contributed by atoms with van der Waals surface area (Å²) in [6.07, 6.45) is 0. The van der Waals surface area contributed by atoms with Crippen LogP contribution in [-0.2, 0) is 0 Å². The molecule has 0 N–H and O–H groups in total. The Kier molecular flexibility index (Phi) is 4.52. The van der Waals surface area contributed by atoms with E-state index >= 15 is 0 Å². The molecule has 0 spiro atoms. The molecule has 10 aromatic rings. The minimum atomic E-state index is -0.625. The molecule has 0 radical (unpaired) electrons. The Labute approximate surface area is 301 Å². The highest BCUT2D eigenvalue weighted by atomic mass is 16.3. The van der Waals surface area contributed by atoms with Gasteiger partial charge in [0.2, 0.25) is 0 Å². The first-order valence-corrected chi connectivity index (χ1v) is 15.9. The summed E-state index contributed by atoms with van der Waals surface area (Å²) in [6, 6.07) is 28.8. The van der Waals surface area contributed by atoms with E-state index in [9.17, 15) is 0 Å². The fraction of sp³-hybridized carbons (Fsp3) is 0. The van der Waals surface area contributed by atoms with Crippen LogP contribution >= 0.6 is 0 Å². The number of furan rings is 1. The molecule has 0 saturated heterocycles. The molecule has 0 unspecified atom stereocenters. The summed E-state index contributed by atoms with van der Waals surface area (Å²) in [6.45, 7) is 0. The SMILES string of the molecule is [2H]c1c([2H])c([2H])c(-c2nc(-c3c([2H])c([2H])c([2H])c([2H])c3[2H])nc(-c3c(-c4ccccc4)cc4oc5ccccc5c4c3-n3c4ccccc4c4ccccc43)n2)c([2H])c1[2H]. The van der Waals surface area contributed by atoms with Crippen LogP contribution in [0.3, 0.4) is 0 Å². The Balaban J connectivity index is 1.47. The van der Waals surface area contributed by atoms with Gasteiger partial charge in [0.25, 0.3) is 0 Å². The molecule has 0 saturated carbocycles. The van der Waals surface area contributed by atoms with Crippen LogP contribution in [0.1, 0.15) is 13.7 Å². The topological polar surface area (TPSA) is 56.7 Å². The molecule has 3 heterocycles. The van der Waals surface area contributed by atoms with Crippen LogP contribution in [0.5, 0.6) is 0 Å². The van der Waals surface area contributed by atoms with Gasteiger partial charge in [0.05, 0.1) is 41.4 Å². The van der Waals surface area contributed by atoms with E-state index in [2.05, 4.69) is 9.55 Å². The molecule has 0 bridgehead atoms. The first kappa shape index (κ1) is 19.8. The number of hydrogen-bond acceptors (Lipinski definition) is 4. The van der Waals surface area contributed by atoms with Crippen molar-refractivity contribution >= 4 is 43.7 Å². The van der Waals surface area contributed by atoms with Crippen molar-refractivity contribution in [2.24, 2.45) is 0 Å². The Morgan fingerprint density at radius 2 is 1.00 bits per heavy atom. The van der Waals surface area contributed by atoms with E-state index in [1.165, 1.54) is 0 Å². The minimum Gasteiger partial charge on any atom is -0.456 e. The maximum absolute atomic E-state index is 8.95. The zero-order valence-corrected chi connectivity index (χ0v) is 26.1. The van der Waals surface area contributed by atoms with Gasteiger partial charge in [-0.25, -0.2) is 15.0 Å². The summed E-state index contributed by atoms with van der Waals surface area (Å²) < 4.78 is 95.2. The highest BCUT2D eigenvalue weighted by molar-refractivity contribution is 6.18. The van der Waals surface area contributed by atoms with E-state index in [4.69, 9.17) is 28.1 Å². The quantitative estimate of drug-likeness (QED) is 0.186. The average molecular weight is 651 g/mol. The first-order chi connectivity index (χ1) is 29.0. The predicted molar refractivity (Wildman–Crippen MR) is 203 cm³/mol. The van der Waals surface area contributed by atoms with Crippen molar-refractivity contribution in [1.29, 1.82) is 0 Å². The summed E-state index contributed by atoms with van der Waals surface area (Å²) in [4.78, 5) is 14.5. The third kappa shape index (κ3) is 4.45. The Hall–Kier alpha value is -6.85. The van der Waals surface area contributed by atoms with Crippen LogP contribution in [0.25, 0.3) is 94.7 Å². The van der Waals surface area contributed by atoms with Crippen LogP contribution < -0.4 is 0 Å². The number of para-hydroxylation sites is 3. The Morgan fingerprint density at radius 3 is 1.62 bits per heavy atom. The summed E-state index contributed by atoms with van der Waals surface area (Å²) in [5, 5.41) is 3.39. The molecule has 5 heteroatoms. The van der Waals surface area contributed by atoms with Gasteiger partial charge in [-0.1, -0.05) is 145 Å². The molecule has 5 nitrogen and oxygen atoms in total. The van der Waals surface area contributed by atoms with Gasteiger partial charge in [-0.2, -0.15) is 0 Å². The second kappa shape index (κ2) is 11.4. The third-order valence-corrected chi connectivity index (χ3v) is 8.84. The first-order valence-electron chi connectivity index (χ1n) is 20.9. The molecular weight excluding hydrogens is 613 g/mol. The zero-order valence-electron chi connectivity index (χ0n) is 36.1.